The summed E-state index contributed by atoms with van der Waals surface area (Å²) >= 11 is 12.0. The Morgan fingerprint density at radius 3 is 2.46 bits per heavy atom. The van der Waals surface area contributed by atoms with Gasteiger partial charge in [0, 0.05) is 17.1 Å². The molecule has 2 N–H and O–H groups in total. The van der Waals surface area contributed by atoms with E-state index in [1.807, 2.05) is 0 Å². The van der Waals surface area contributed by atoms with Gasteiger partial charge in [0.05, 0.1) is 24.3 Å². The number of nitrogens with zero attached hydrogens (tertiary/aromatic N) is 1. The summed E-state index contributed by atoms with van der Waals surface area (Å²) in [4.78, 5) is 16.7. The number of carbonyl (C=O) groups is 1. The van der Waals surface area contributed by atoms with Gasteiger partial charge in [-0.25, -0.2) is 4.98 Å². The molecule has 0 saturated heterocycles. The Labute approximate surface area is 159 Å². The van der Waals surface area contributed by atoms with Crippen LogP contribution in [0.2, 0.25) is 10.0 Å². The number of ether oxygens (including phenoxy) is 2. The largest absolute Gasteiger partial charge is 0.504 e. The van der Waals surface area contributed by atoms with E-state index < -0.39 is 5.91 Å². The summed E-state index contributed by atoms with van der Waals surface area (Å²) in [5, 5.41) is 13.7. The lowest BCUT2D eigenvalue weighted by molar-refractivity contribution is 0.102. The predicted octanol–water partition coefficient (Wildman–Crippen LogP) is 4.52. The number of amides is 1. The zero-order chi connectivity index (χ0) is 18.8. The number of phenolic OH excluding ortho intramolecular Hbond substituents is 1. The highest BCUT2D eigenvalue weighted by Crippen LogP contribution is 2.36. The van der Waals surface area contributed by atoms with Crippen LogP contribution in [-0.2, 0) is 0 Å². The highest BCUT2D eigenvalue weighted by molar-refractivity contribution is 6.39. The van der Waals surface area contributed by atoms with Crippen LogP contribution in [0.4, 0.5) is 5.69 Å². The molecule has 8 heteroatoms. The van der Waals surface area contributed by atoms with E-state index in [1.165, 1.54) is 26.4 Å². The first-order chi connectivity index (χ1) is 12.4. The molecule has 3 aromatic rings. The van der Waals surface area contributed by atoms with E-state index in [1.54, 1.807) is 24.3 Å². The molecule has 0 saturated carbocycles. The standard InChI is InChI=1S/C18H14Cl2N2O4/c1-25-14-6-3-9(7-15(14)26-2)21-18(24)13-5-4-10-11(19)8-12(20)17(23)16(10)22-13/h3-8,23H,1-2H3,(H,21,24). The highest BCUT2D eigenvalue weighted by Gasteiger charge is 2.15. The smallest absolute Gasteiger partial charge is 0.274 e. The van der Waals surface area contributed by atoms with Crippen LogP contribution in [0.25, 0.3) is 10.9 Å². The summed E-state index contributed by atoms with van der Waals surface area (Å²) in [5.74, 6) is 0.331. The maximum Gasteiger partial charge on any atom is 0.274 e. The number of anilines is 1. The van der Waals surface area contributed by atoms with Crippen LogP contribution < -0.4 is 14.8 Å². The Morgan fingerprint density at radius 1 is 1.04 bits per heavy atom. The number of hydrogen-bond donors (Lipinski definition) is 2. The molecule has 0 aliphatic heterocycles. The topological polar surface area (TPSA) is 80.7 Å². The number of methoxy groups -OCH3 is 2. The van der Waals surface area contributed by atoms with Gasteiger partial charge in [0.2, 0.25) is 0 Å². The van der Waals surface area contributed by atoms with Crippen molar-refractivity contribution in [2.75, 3.05) is 19.5 Å². The Hall–Kier alpha value is -2.70. The summed E-state index contributed by atoms with van der Waals surface area (Å²) in [5.41, 5.74) is 0.756. The number of benzene rings is 2. The van der Waals surface area contributed by atoms with Crippen molar-refractivity contribution in [1.82, 2.24) is 4.98 Å². The van der Waals surface area contributed by atoms with Crippen LogP contribution in [0, 0.1) is 0 Å². The molecule has 0 unspecified atom stereocenters. The summed E-state index contributed by atoms with van der Waals surface area (Å²) in [6.45, 7) is 0. The first-order valence-corrected chi connectivity index (χ1v) is 8.21. The molecule has 134 valence electrons. The van der Waals surface area contributed by atoms with E-state index in [4.69, 9.17) is 32.7 Å². The van der Waals surface area contributed by atoms with Gasteiger partial charge in [0.15, 0.2) is 17.2 Å². The second kappa shape index (κ2) is 7.27. The number of aromatic hydroxyl groups is 1. The molecule has 0 radical (unpaired) electrons. The Kier molecular flexibility index (Phi) is 5.06. The molecule has 0 aliphatic carbocycles. The minimum Gasteiger partial charge on any atom is -0.504 e. The van der Waals surface area contributed by atoms with Crippen molar-refractivity contribution < 1.29 is 19.4 Å². The van der Waals surface area contributed by atoms with Gasteiger partial charge in [-0.3, -0.25) is 4.79 Å². The molecule has 1 heterocycles. The Morgan fingerprint density at radius 2 is 1.77 bits per heavy atom. The molecule has 3 rings (SSSR count). The van der Waals surface area contributed by atoms with Crippen molar-refractivity contribution in [3.63, 3.8) is 0 Å². The van der Waals surface area contributed by atoms with E-state index >= 15 is 0 Å². The molecule has 2 aromatic carbocycles. The summed E-state index contributed by atoms with van der Waals surface area (Å²) < 4.78 is 10.4. The van der Waals surface area contributed by atoms with Crippen molar-refractivity contribution in [1.29, 1.82) is 0 Å². The van der Waals surface area contributed by atoms with Gasteiger partial charge in [-0.15, -0.1) is 0 Å². The third-order valence-electron chi connectivity index (χ3n) is 3.73. The molecule has 0 spiro atoms. The van der Waals surface area contributed by atoms with E-state index in [2.05, 4.69) is 10.3 Å². The molecule has 0 aliphatic rings. The van der Waals surface area contributed by atoms with Crippen LogP contribution >= 0.6 is 23.2 Å². The second-order valence-electron chi connectivity index (χ2n) is 5.31. The fraction of sp³-hybridized carbons (Fsp3) is 0.111. The quantitative estimate of drug-likeness (QED) is 0.682. The van der Waals surface area contributed by atoms with Crippen LogP contribution in [0.3, 0.4) is 0 Å². The number of carbonyl (C=O) groups excluding carboxylic acids is 1. The van der Waals surface area contributed by atoms with E-state index in [-0.39, 0.29) is 22.0 Å². The number of halogens is 2. The fourth-order valence-electron chi connectivity index (χ4n) is 2.44. The average Bonchev–Trinajstić information content (AvgIpc) is 2.65. The normalized spacial score (nSPS) is 10.6. The minimum atomic E-state index is -0.463. The maximum atomic E-state index is 12.5. The van der Waals surface area contributed by atoms with E-state index in [0.717, 1.165) is 0 Å². The van der Waals surface area contributed by atoms with Crippen molar-refractivity contribution in [2.24, 2.45) is 0 Å². The average molecular weight is 393 g/mol. The Balaban J connectivity index is 1.94. The molecule has 0 fully saturated rings. The lowest BCUT2D eigenvalue weighted by Gasteiger charge is -2.11. The number of nitrogens with one attached hydrogen (secondary N) is 1. The summed E-state index contributed by atoms with van der Waals surface area (Å²) in [6, 6.07) is 9.51. The van der Waals surface area contributed by atoms with Gasteiger partial charge in [0.25, 0.3) is 5.91 Å². The first kappa shape index (κ1) is 18.1. The number of fused-ring (bicyclic) bond motifs is 1. The van der Waals surface area contributed by atoms with Gasteiger partial charge in [-0.2, -0.15) is 0 Å². The third-order valence-corrected chi connectivity index (χ3v) is 4.33. The van der Waals surface area contributed by atoms with Gasteiger partial charge in [-0.05, 0) is 30.3 Å². The zero-order valence-electron chi connectivity index (χ0n) is 13.8. The fourth-order valence-corrected chi connectivity index (χ4v) is 2.95. The lowest BCUT2D eigenvalue weighted by Crippen LogP contribution is -2.13. The predicted molar refractivity (Wildman–Crippen MR) is 101 cm³/mol. The van der Waals surface area contributed by atoms with Crippen molar-refractivity contribution in [2.45, 2.75) is 0 Å². The van der Waals surface area contributed by atoms with Crippen LogP contribution in [-0.4, -0.2) is 30.2 Å². The summed E-state index contributed by atoms with van der Waals surface area (Å²) in [7, 11) is 3.03. The van der Waals surface area contributed by atoms with Gasteiger partial charge in [-0.1, -0.05) is 23.2 Å². The van der Waals surface area contributed by atoms with Crippen molar-refractivity contribution >= 4 is 45.7 Å². The number of hydrogen-bond acceptors (Lipinski definition) is 5. The monoisotopic (exact) mass is 392 g/mol. The highest BCUT2D eigenvalue weighted by atomic mass is 35.5. The second-order valence-corrected chi connectivity index (χ2v) is 6.12. The SMILES string of the molecule is COc1ccc(NC(=O)c2ccc3c(Cl)cc(Cl)c(O)c3n2)cc1OC. The van der Waals surface area contributed by atoms with Crippen LogP contribution in [0.5, 0.6) is 17.2 Å². The molecule has 26 heavy (non-hydrogen) atoms. The molecule has 1 amide bonds. The zero-order valence-corrected chi connectivity index (χ0v) is 15.4. The minimum absolute atomic E-state index is 0.0625. The number of pyridine rings is 1. The number of aromatic nitrogens is 1. The number of rotatable bonds is 4. The maximum absolute atomic E-state index is 12.5. The van der Waals surface area contributed by atoms with Gasteiger partial charge in [0.1, 0.15) is 11.2 Å². The lowest BCUT2D eigenvalue weighted by atomic mass is 10.1. The molecular formula is C18H14Cl2N2O4. The first-order valence-electron chi connectivity index (χ1n) is 7.45. The van der Waals surface area contributed by atoms with Gasteiger partial charge < -0.3 is 19.9 Å². The summed E-state index contributed by atoms with van der Waals surface area (Å²) in [6.07, 6.45) is 0. The number of phenols is 1. The van der Waals surface area contributed by atoms with Crippen LogP contribution in [0.1, 0.15) is 10.5 Å². The molecular weight excluding hydrogens is 379 g/mol. The Bertz CT molecular complexity index is 1010. The molecule has 0 bridgehead atoms. The van der Waals surface area contributed by atoms with Crippen molar-refractivity contribution in [3.05, 3.63) is 52.1 Å². The van der Waals surface area contributed by atoms with Crippen molar-refractivity contribution in [3.8, 4) is 17.2 Å². The van der Waals surface area contributed by atoms with Crippen LogP contribution in [0.15, 0.2) is 36.4 Å². The third kappa shape index (κ3) is 3.34. The molecule has 6 nitrogen and oxygen atoms in total. The van der Waals surface area contributed by atoms with E-state index in [0.29, 0.717) is 27.6 Å². The molecule has 1 aromatic heterocycles. The molecule has 0 atom stereocenters. The van der Waals surface area contributed by atoms with Gasteiger partial charge >= 0.3 is 0 Å². The van der Waals surface area contributed by atoms with E-state index in [9.17, 15) is 9.90 Å².